The third kappa shape index (κ3) is 4.23. The molecule has 2 rings (SSSR count). The van der Waals surface area contributed by atoms with Gasteiger partial charge in [-0.3, -0.25) is 4.79 Å². The molecule has 23 heavy (non-hydrogen) atoms. The fourth-order valence-corrected chi connectivity index (χ4v) is 1.88. The number of benzene rings is 2. The Morgan fingerprint density at radius 3 is 2.35 bits per heavy atom. The van der Waals surface area contributed by atoms with E-state index in [9.17, 15) is 14.7 Å². The average Bonchev–Trinajstić information content (AvgIpc) is 2.55. The summed E-state index contributed by atoms with van der Waals surface area (Å²) >= 11 is 0. The van der Waals surface area contributed by atoms with Gasteiger partial charge in [-0.05, 0) is 43.3 Å². The van der Waals surface area contributed by atoms with Gasteiger partial charge in [0.15, 0.2) is 0 Å². The van der Waals surface area contributed by atoms with Gasteiger partial charge in [0.25, 0.3) is 5.91 Å². The van der Waals surface area contributed by atoms with Crippen molar-refractivity contribution in [1.82, 2.24) is 0 Å². The lowest BCUT2D eigenvalue weighted by molar-refractivity contribution is -0.312. The number of aliphatic carboxylic acids is 1. The second-order valence-electron chi connectivity index (χ2n) is 4.76. The number of carboxylic acids is 1. The maximum Gasteiger partial charge on any atom is 0.255 e. The summed E-state index contributed by atoms with van der Waals surface area (Å²) in [6.45, 7) is 1.37. The Kier molecular flexibility index (Phi) is 5.19. The van der Waals surface area contributed by atoms with Crippen molar-refractivity contribution < 1.29 is 24.2 Å². The van der Waals surface area contributed by atoms with Crippen molar-refractivity contribution in [2.45, 2.75) is 13.0 Å². The molecule has 0 bridgehead atoms. The molecule has 120 valence electrons. The van der Waals surface area contributed by atoms with Crippen molar-refractivity contribution in [2.75, 3.05) is 12.4 Å². The number of methoxy groups -OCH3 is 1. The molecule has 0 saturated carbocycles. The molecule has 0 heterocycles. The van der Waals surface area contributed by atoms with Crippen LogP contribution in [-0.4, -0.2) is 25.1 Å². The smallest absolute Gasteiger partial charge is 0.255 e. The van der Waals surface area contributed by atoms with E-state index in [1.807, 2.05) is 0 Å². The second-order valence-corrected chi connectivity index (χ2v) is 4.76. The molecule has 0 aliphatic rings. The quantitative estimate of drug-likeness (QED) is 0.872. The minimum atomic E-state index is -1.30. The SMILES string of the molecule is COc1ccccc1NC(=O)c1ccc(OC(C)C(=O)[O-])cc1. The summed E-state index contributed by atoms with van der Waals surface area (Å²) in [5, 5.41) is 13.4. The van der Waals surface area contributed by atoms with Gasteiger partial charge in [0.2, 0.25) is 0 Å². The zero-order chi connectivity index (χ0) is 16.8. The van der Waals surface area contributed by atoms with Crippen LogP contribution in [0.1, 0.15) is 17.3 Å². The number of carboxylic acid groups (broad SMARTS) is 1. The van der Waals surface area contributed by atoms with Crippen LogP contribution in [0.5, 0.6) is 11.5 Å². The highest BCUT2D eigenvalue weighted by atomic mass is 16.5. The molecule has 1 N–H and O–H groups in total. The van der Waals surface area contributed by atoms with Gasteiger partial charge in [-0.25, -0.2) is 0 Å². The van der Waals surface area contributed by atoms with Gasteiger partial charge in [-0.2, -0.15) is 0 Å². The van der Waals surface area contributed by atoms with Crippen LogP contribution in [0.2, 0.25) is 0 Å². The molecule has 1 atom stereocenters. The van der Waals surface area contributed by atoms with Gasteiger partial charge in [0, 0.05) is 5.56 Å². The fourth-order valence-electron chi connectivity index (χ4n) is 1.88. The van der Waals surface area contributed by atoms with Gasteiger partial charge >= 0.3 is 0 Å². The summed E-state index contributed by atoms with van der Waals surface area (Å²) in [6.07, 6.45) is -1.07. The molecule has 1 amide bonds. The number of hydrogen-bond donors (Lipinski definition) is 1. The number of hydrogen-bond acceptors (Lipinski definition) is 5. The number of amides is 1. The number of para-hydroxylation sites is 2. The lowest BCUT2D eigenvalue weighted by atomic mass is 10.2. The molecule has 0 aliphatic heterocycles. The first-order valence-electron chi connectivity index (χ1n) is 6.93. The monoisotopic (exact) mass is 314 g/mol. The van der Waals surface area contributed by atoms with Gasteiger partial charge in [-0.15, -0.1) is 0 Å². The molecule has 2 aromatic rings. The number of rotatable bonds is 6. The van der Waals surface area contributed by atoms with E-state index in [4.69, 9.17) is 9.47 Å². The minimum Gasteiger partial charge on any atom is -0.546 e. The van der Waals surface area contributed by atoms with Crippen LogP contribution in [0.15, 0.2) is 48.5 Å². The van der Waals surface area contributed by atoms with Crippen molar-refractivity contribution in [3.63, 3.8) is 0 Å². The lowest BCUT2D eigenvalue weighted by Gasteiger charge is -2.15. The number of ether oxygens (including phenoxy) is 2. The predicted molar refractivity (Wildman–Crippen MR) is 82.5 cm³/mol. The van der Waals surface area contributed by atoms with Crippen LogP contribution in [0.25, 0.3) is 0 Å². The van der Waals surface area contributed by atoms with Crippen LogP contribution in [-0.2, 0) is 4.79 Å². The topological polar surface area (TPSA) is 87.7 Å². The van der Waals surface area contributed by atoms with E-state index in [0.717, 1.165) is 0 Å². The maximum absolute atomic E-state index is 12.2. The predicted octanol–water partition coefficient (Wildman–Crippen LogP) is 1.46. The van der Waals surface area contributed by atoms with Gasteiger partial charge < -0.3 is 24.7 Å². The molecule has 0 aliphatic carbocycles. The van der Waals surface area contributed by atoms with E-state index >= 15 is 0 Å². The fraction of sp³-hybridized carbons (Fsp3) is 0.176. The maximum atomic E-state index is 12.2. The van der Waals surface area contributed by atoms with E-state index < -0.39 is 12.1 Å². The molecule has 0 aromatic heterocycles. The number of anilines is 1. The molecule has 0 saturated heterocycles. The Labute approximate surface area is 133 Å². The molecule has 0 fully saturated rings. The van der Waals surface area contributed by atoms with E-state index in [0.29, 0.717) is 22.7 Å². The van der Waals surface area contributed by atoms with Crippen LogP contribution in [0.3, 0.4) is 0 Å². The first-order chi connectivity index (χ1) is 11.0. The molecule has 6 heteroatoms. The normalized spacial score (nSPS) is 11.4. The molecule has 6 nitrogen and oxygen atoms in total. The van der Waals surface area contributed by atoms with Crippen molar-refractivity contribution >= 4 is 17.6 Å². The van der Waals surface area contributed by atoms with Crippen LogP contribution in [0, 0.1) is 0 Å². The molecule has 2 aromatic carbocycles. The van der Waals surface area contributed by atoms with Crippen molar-refractivity contribution in [2.24, 2.45) is 0 Å². The van der Waals surface area contributed by atoms with Crippen molar-refractivity contribution in [1.29, 1.82) is 0 Å². The molecule has 1 unspecified atom stereocenters. The van der Waals surface area contributed by atoms with Crippen LogP contribution in [0.4, 0.5) is 5.69 Å². The number of nitrogens with one attached hydrogen (secondary N) is 1. The van der Waals surface area contributed by atoms with Gasteiger partial charge in [0.05, 0.1) is 18.8 Å². The summed E-state index contributed by atoms with van der Waals surface area (Å²) in [5.74, 6) is -0.712. The lowest BCUT2D eigenvalue weighted by Crippen LogP contribution is -2.37. The van der Waals surface area contributed by atoms with Gasteiger partial charge in [0.1, 0.15) is 17.6 Å². The standard InChI is InChI=1S/C17H17NO5/c1-11(17(20)21)23-13-9-7-12(8-10-13)16(19)18-14-5-3-4-6-15(14)22-2/h3-11H,1-2H3,(H,18,19)(H,20,21)/p-1. The highest BCUT2D eigenvalue weighted by molar-refractivity contribution is 6.05. The molecular formula is C17H16NO5-. The van der Waals surface area contributed by atoms with E-state index in [1.165, 1.54) is 26.2 Å². The van der Waals surface area contributed by atoms with Crippen LogP contribution < -0.4 is 19.9 Å². The van der Waals surface area contributed by atoms with E-state index in [1.54, 1.807) is 36.4 Å². The summed E-state index contributed by atoms with van der Waals surface area (Å²) in [6, 6.07) is 13.2. The second kappa shape index (κ2) is 7.31. The summed E-state index contributed by atoms with van der Waals surface area (Å²) in [7, 11) is 1.52. The Hall–Kier alpha value is -3.02. The first kappa shape index (κ1) is 16.4. The Morgan fingerprint density at radius 1 is 1.09 bits per heavy atom. The molecule has 0 spiro atoms. The Morgan fingerprint density at radius 2 is 1.74 bits per heavy atom. The highest BCUT2D eigenvalue weighted by Gasteiger charge is 2.10. The molecule has 0 radical (unpaired) electrons. The minimum absolute atomic E-state index is 0.311. The third-order valence-electron chi connectivity index (χ3n) is 3.12. The first-order valence-corrected chi connectivity index (χ1v) is 6.93. The highest BCUT2D eigenvalue weighted by Crippen LogP contribution is 2.24. The largest absolute Gasteiger partial charge is 0.546 e. The average molecular weight is 314 g/mol. The Bertz CT molecular complexity index is 696. The summed E-state index contributed by atoms with van der Waals surface area (Å²) < 4.78 is 10.3. The zero-order valence-corrected chi connectivity index (χ0v) is 12.7. The number of carbonyl (C=O) groups is 2. The zero-order valence-electron chi connectivity index (χ0n) is 12.7. The van der Waals surface area contributed by atoms with Gasteiger partial charge in [-0.1, -0.05) is 12.1 Å². The van der Waals surface area contributed by atoms with Crippen molar-refractivity contribution in [3.8, 4) is 11.5 Å². The van der Waals surface area contributed by atoms with Crippen molar-refractivity contribution in [3.05, 3.63) is 54.1 Å². The van der Waals surface area contributed by atoms with E-state index in [-0.39, 0.29) is 5.91 Å². The third-order valence-corrected chi connectivity index (χ3v) is 3.12. The summed E-state index contributed by atoms with van der Waals surface area (Å²) in [5.41, 5.74) is 0.968. The van der Waals surface area contributed by atoms with E-state index in [2.05, 4.69) is 5.32 Å². The summed E-state index contributed by atoms with van der Waals surface area (Å²) in [4.78, 5) is 22.8. The number of carbonyl (C=O) groups excluding carboxylic acids is 2. The van der Waals surface area contributed by atoms with Crippen LogP contribution >= 0.6 is 0 Å². The molecular weight excluding hydrogens is 298 g/mol. The Balaban J connectivity index is 2.07.